The van der Waals surface area contributed by atoms with E-state index in [2.05, 4.69) is 25.5 Å². The number of carbonyl (C=O) groups excluding carboxylic acids is 2. The van der Waals surface area contributed by atoms with Crippen LogP contribution >= 0.6 is 35.0 Å². The van der Waals surface area contributed by atoms with Crippen LogP contribution in [-0.4, -0.2) is 64.8 Å². The van der Waals surface area contributed by atoms with Gasteiger partial charge >= 0.3 is 6.03 Å². The maximum atomic E-state index is 12.8. The van der Waals surface area contributed by atoms with E-state index in [0.29, 0.717) is 58.9 Å². The van der Waals surface area contributed by atoms with Gasteiger partial charge in [-0.3, -0.25) is 4.79 Å². The summed E-state index contributed by atoms with van der Waals surface area (Å²) in [5.41, 5.74) is 0.656. The molecule has 1 atom stereocenters. The van der Waals surface area contributed by atoms with E-state index in [4.69, 9.17) is 23.2 Å². The summed E-state index contributed by atoms with van der Waals surface area (Å²) < 4.78 is 0. The predicted molar refractivity (Wildman–Crippen MR) is 134 cm³/mol. The van der Waals surface area contributed by atoms with Crippen LogP contribution in [-0.2, 0) is 4.79 Å². The topological polar surface area (TPSA) is 90.5 Å². The Bertz CT molecular complexity index is 993. The van der Waals surface area contributed by atoms with Crippen molar-refractivity contribution in [1.29, 1.82) is 0 Å². The van der Waals surface area contributed by atoms with Gasteiger partial charge in [0.2, 0.25) is 5.91 Å². The molecule has 11 heteroatoms. The highest BCUT2D eigenvalue weighted by Crippen LogP contribution is 2.24. The van der Waals surface area contributed by atoms with Crippen molar-refractivity contribution in [3.05, 3.63) is 40.5 Å². The number of amides is 3. The second-order valence-corrected chi connectivity index (χ2v) is 10.0. The minimum atomic E-state index is -0.172. The maximum absolute atomic E-state index is 12.8. The Hall–Kier alpha value is -2.23. The molecule has 33 heavy (non-hydrogen) atoms. The molecule has 0 spiro atoms. The van der Waals surface area contributed by atoms with E-state index in [0.717, 1.165) is 0 Å². The Kier molecular flexibility index (Phi) is 9.05. The van der Waals surface area contributed by atoms with Gasteiger partial charge in [0.25, 0.3) is 0 Å². The minimum absolute atomic E-state index is 0.0513. The first-order valence-corrected chi connectivity index (χ1v) is 12.5. The lowest BCUT2D eigenvalue weighted by Gasteiger charge is -2.40. The molecule has 3 rings (SSSR count). The zero-order valence-electron chi connectivity index (χ0n) is 18.8. The van der Waals surface area contributed by atoms with E-state index in [9.17, 15) is 9.59 Å². The quantitative estimate of drug-likeness (QED) is 0.326. The second kappa shape index (κ2) is 11.8. The maximum Gasteiger partial charge on any atom is 0.322 e. The van der Waals surface area contributed by atoms with E-state index < -0.39 is 0 Å². The Balaban J connectivity index is 1.58. The molecular weight excluding hydrogens is 483 g/mol. The molecule has 2 aromatic rings. The highest BCUT2D eigenvalue weighted by atomic mass is 35.5. The molecule has 3 amide bonds. The number of benzene rings is 1. The number of halogens is 2. The fourth-order valence-corrected chi connectivity index (χ4v) is 4.44. The molecule has 8 nitrogen and oxygen atoms in total. The third-order valence-electron chi connectivity index (χ3n) is 4.99. The summed E-state index contributed by atoms with van der Waals surface area (Å²) in [5.74, 6) is 1.23. The van der Waals surface area contributed by atoms with Crippen LogP contribution in [0, 0.1) is 5.92 Å². The van der Waals surface area contributed by atoms with Gasteiger partial charge in [-0.25, -0.2) is 14.8 Å². The van der Waals surface area contributed by atoms with Crippen LogP contribution in [0.25, 0.3) is 0 Å². The van der Waals surface area contributed by atoms with Crippen molar-refractivity contribution in [2.24, 2.45) is 5.92 Å². The van der Waals surface area contributed by atoms with Crippen molar-refractivity contribution in [3.63, 3.8) is 0 Å². The van der Waals surface area contributed by atoms with Gasteiger partial charge in [0.15, 0.2) is 5.16 Å². The summed E-state index contributed by atoms with van der Waals surface area (Å²) in [6, 6.07) is 8.55. The fourth-order valence-electron chi connectivity index (χ4n) is 3.34. The molecule has 178 valence electrons. The summed E-state index contributed by atoms with van der Waals surface area (Å²) in [4.78, 5) is 37.4. The lowest BCUT2D eigenvalue weighted by atomic mass is 10.2. The molecule has 1 unspecified atom stereocenters. The first-order chi connectivity index (χ1) is 15.7. The van der Waals surface area contributed by atoms with Crippen molar-refractivity contribution in [3.8, 4) is 0 Å². The molecule has 0 radical (unpaired) electrons. The van der Waals surface area contributed by atoms with Crippen LogP contribution in [0.3, 0.4) is 0 Å². The number of hydrogen-bond acceptors (Lipinski definition) is 6. The van der Waals surface area contributed by atoms with Gasteiger partial charge in [-0.2, -0.15) is 0 Å². The van der Waals surface area contributed by atoms with Crippen LogP contribution in [0.5, 0.6) is 0 Å². The molecule has 0 saturated carbocycles. The Morgan fingerprint density at radius 2 is 2.00 bits per heavy atom. The van der Waals surface area contributed by atoms with Crippen molar-refractivity contribution in [2.75, 3.05) is 42.1 Å². The monoisotopic (exact) mass is 510 g/mol. The highest BCUT2D eigenvalue weighted by Gasteiger charge is 2.28. The number of nitrogens with one attached hydrogen (secondary N) is 2. The molecule has 0 aliphatic carbocycles. The SMILES string of the molecule is CC(C)CNC(=O)CSc1nc(Cl)cc(N2CCN(C(=O)Nc3cccc(Cl)c3)C(C)C2)n1. The minimum Gasteiger partial charge on any atom is -0.355 e. The summed E-state index contributed by atoms with van der Waals surface area (Å²) in [7, 11) is 0. The number of carbonyl (C=O) groups is 2. The standard InChI is InChI=1S/C22H28Cl2N6O2S/c1-14(2)11-25-20(31)13-33-21-27-18(24)10-19(28-21)29-7-8-30(15(3)12-29)22(32)26-17-6-4-5-16(23)9-17/h4-6,9-10,14-15H,7-8,11-13H2,1-3H3,(H,25,31)(H,26,32). The predicted octanol–water partition coefficient (Wildman–Crippen LogP) is 4.39. The molecule has 2 N–H and O–H groups in total. The van der Waals surface area contributed by atoms with E-state index in [1.54, 1.807) is 35.2 Å². The van der Waals surface area contributed by atoms with Gasteiger partial charge in [0.05, 0.1) is 5.75 Å². The van der Waals surface area contributed by atoms with Crippen LogP contribution in [0.15, 0.2) is 35.5 Å². The van der Waals surface area contributed by atoms with Gasteiger partial charge in [-0.05, 0) is 31.0 Å². The van der Waals surface area contributed by atoms with Crippen molar-refractivity contribution < 1.29 is 9.59 Å². The van der Waals surface area contributed by atoms with Crippen LogP contribution in [0.1, 0.15) is 20.8 Å². The van der Waals surface area contributed by atoms with Gasteiger partial charge in [-0.1, -0.05) is 54.9 Å². The normalized spacial score (nSPS) is 16.1. The van der Waals surface area contributed by atoms with Gasteiger partial charge < -0.3 is 20.4 Å². The van der Waals surface area contributed by atoms with Crippen LogP contribution in [0.2, 0.25) is 10.2 Å². The van der Waals surface area contributed by atoms with Gasteiger partial charge in [-0.15, -0.1) is 0 Å². The molecular formula is C22H28Cl2N6O2S. The number of hydrogen-bond donors (Lipinski definition) is 2. The summed E-state index contributed by atoms with van der Waals surface area (Å²) in [6.45, 7) is 8.42. The highest BCUT2D eigenvalue weighted by molar-refractivity contribution is 7.99. The second-order valence-electron chi connectivity index (χ2n) is 8.25. The van der Waals surface area contributed by atoms with Crippen LogP contribution < -0.4 is 15.5 Å². The first-order valence-electron chi connectivity index (χ1n) is 10.7. The first kappa shape index (κ1) is 25.4. The number of anilines is 2. The zero-order chi connectivity index (χ0) is 24.0. The average molecular weight is 511 g/mol. The summed E-state index contributed by atoms with van der Waals surface area (Å²) >= 11 is 13.5. The molecule has 1 aliphatic rings. The number of piperazine rings is 1. The van der Waals surface area contributed by atoms with Gasteiger partial charge in [0, 0.05) is 49.0 Å². The molecule has 2 heterocycles. The average Bonchev–Trinajstić information content (AvgIpc) is 2.75. The van der Waals surface area contributed by atoms with Crippen molar-refractivity contribution >= 4 is 58.4 Å². The Morgan fingerprint density at radius 3 is 2.70 bits per heavy atom. The van der Waals surface area contributed by atoms with Crippen molar-refractivity contribution in [1.82, 2.24) is 20.2 Å². The number of rotatable bonds is 7. The van der Waals surface area contributed by atoms with E-state index in [1.807, 2.05) is 20.8 Å². The van der Waals surface area contributed by atoms with E-state index >= 15 is 0 Å². The van der Waals surface area contributed by atoms with Gasteiger partial charge in [0.1, 0.15) is 11.0 Å². The third-order valence-corrected chi connectivity index (χ3v) is 6.26. The molecule has 1 aromatic carbocycles. The fraction of sp³-hybridized carbons (Fsp3) is 0.455. The number of nitrogens with zero attached hydrogens (tertiary/aromatic N) is 4. The Labute approximate surface area is 208 Å². The summed E-state index contributed by atoms with van der Waals surface area (Å²) in [6.07, 6.45) is 0. The number of thioether (sulfide) groups is 1. The lowest BCUT2D eigenvalue weighted by Crippen LogP contribution is -2.55. The molecule has 0 bridgehead atoms. The van der Waals surface area contributed by atoms with E-state index in [-0.39, 0.29) is 23.7 Å². The lowest BCUT2D eigenvalue weighted by molar-refractivity contribution is -0.118. The third kappa shape index (κ3) is 7.65. The Morgan fingerprint density at radius 1 is 1.21 bits per heavy atom. The van der Waals surface area contributed by atoms with Crippen LogP contribution in [0.4, 0.5) is 16.3 Å². The van der Waals surface area contributed by atoms with Crippen molar-refractivity contribution in [2.45, 2.75) is 32.0 Å². The summed E-state index contributed by atoms with van der Waals surface area (Å²) in [5, 5.41) is 7.11. The number of aromatic nitrogens is 2. The molecule has 1 saturated heterocycles. The largest absolute Gasteiger partial charge is 0.355 e. The zero-order valence-corrected chi connectivity index (χ0v) is 21.2. The smallest absolute Gasteiger partial charge is 0.322 e. The molecule has 1 aliphatic heterocycles. The van der Waals surface area contributed by atoms with E-state index in [1.165, 1.54) is 11.8 Å². The molecule has 1 aromatic heterocycles. The number of urea groups is 1. The molecule has 1 fully saturated rings.